The minimum absolute atomic E-state index is 0.0513. The number of carbonyl (C=O) groups is 2. The zero-order valence-corrected chi connectivity index (χ0v) is 12.2. The molecule has 2 heterocycles. The van der Waals surface area contributed by atoms with Crippen molar-refractivity contribution in [2.45, 2.75) is 13.3 Å². The van der Waals surface area contributed by atoms with Crippen LogP contribution in [-0.4, -0.2) is 21.7 Å². The van der Waals surface area contributed by atoms with E-state index in [0.29, 0.717) is 10.0 Å². The third-order valence-corrected chi connectivity index (χ3v) is 4.14. The van der Waals surface area contributed by atoms with Gasteiger partial charge in [0.25, 0.3) is 0 Å². The Hall–Kier alpha value is -2.47. The highest BCUT2D eigenvalue weighted by Gasteiger charge is 2.11. The molecule has 0 aliphatic heterocycles. The number of carbonyl (C=O) groups excluding carboxylic acids is 2. The molecular weight excluding hydrogens is 286 g/mol. The van der Waals surface area contributed by atoms with Gasteiger partial charge in [-0.3, -0.25) is 9.59 Å². The SMILES string of the molecule is CC(=O)c1cnc(NC(=O)Cc2c[nH]c3ccccc23)s1. The summed E-state index contributed by atoms with van der Waals surface area (Å²) in [5, 5.41) is 4.21. The number of hydrogen-bond donors (Lipinski definition) is 2. The molecule has 2 N–H and O–H groups in total. The summed E-state index contributed by atoms with van der Waals surface area (Å²) in [6, 6.07) is 7.83. The molecule has 0 spiro atoms. The summed E-state index contributed by atoms with van der Waals surface area (Å²) in [4.78, 5) is 31.0. The maximum absolute atomic E-state index is 12.1. The fourth-order valence-electron chi connectivity index (χ4n) is 2.11. The minimum Gasteiger partial charge on any atom is -0.361 e. The van der Waals surface area contributed by atoms with Crippen LogP contribution in [-0.2, 0) is 11.2 Å². The van der Waals surface area contributed by atoms with Gasteiger partial charge in [0, 0.05) is 24.0 Å². The van der Waals surface area contributed by atoms with Crippen molar-refractivity contribution >= 4 is 39.1 Å². The summed E-state index contributed by atoms with van der Waals surface area (Å²) in [6.45, 7) is 1.48. The number of fused-ring (bicyclic) bond motifs is 1. The Kier molecular flexibility index (Phi) is 3.53. The Balaban J connectivity index is 1.72. The number of aromatic nitrogens is 2. The number of Topliss-reactive ketones (excluding diaryl/α,β-unsaturated/α-hetero) is 1. The predicted molar refractivity (Wildman–Crippen MR) is 82.8 cm³/mol. The summed E-state index contributed by atoms with van der Waals surface area (Å²) in [6.07, 6.45) is 3.58. The quantitative estimate of drug-likeness (QED) is 0.727. The van der Waals surface area contributed by atoms with Crippen molar-refractivity contribution in [1.82, 2.24) is 9.97 Å². The zero-order valence-electron chi connectivity index (χ0n) is 11.3. The molecule has 0 saturated heterocycles. The average Bonchev–Trinajstić information content (AvgIpc) is 3.07. The molecule has 0 atom stereocenters. The standard InChI is InChI=1S/C15H13N3O2S/c1-9(19)13-8-17-15(21-13)18-14(20)6-10-7-16-12-5-3-2-4-11(10)12/h2-5,7-8,16H,6H2,1H3,(H,17,18,20). The van der Waals surface area contributed by atoms with Crippen molar-refractivity contribution in [3.05, 3.63) is 47.1 Å². The van der Waals surface area contributed by atoms with Crippen LogP contribution in [0.5, 0.6) is 0 Å². The first-order valence-corrected chi connectivity index (χ1v) is 7.27. The first kappa shape index (κ1) is 13.5. The number of amides is 1. The fraction of sp³-hybridized carbons (Fsp3) is 0.133. The molecule has 1 aromatic carbocycles. The molecule has 0 aliphatic rings. The van der Waals surface area contributed by atoms with Crippen LogP contribution < -0.4 is 5.32 Å². The maximum atomic E-state index is 12.1. The molecule has 0 saturated carbocycles. The van der Waals surface area contributed by atoms with Crippen LogP contribution in [0.25, 0.3) is 10.9 Å². The highest BCUT2D eigenvalue weighted by atomic mass is 32.1. The number of H-pyrrole nitrogens is 1. The van der Waals surface area contributed by atoms with Crippen LogP contribution in [0.2, 0.25) is 0 Å². The topological polar surface area (TPSA) is 74.8 Å². The number of anilines is 1. The molecule has 0 aliphatic carbocycles. The van der Waals surface area contributed by atoms with E-state index in [9.17, 15) is 9.59 Å². The molecule has 21 heavy (non-hydrogen) atoms. The lowest BCUT2D eigenvalue weighted by Crippen LogP contribution is -2.13. The van der Waals surface area contributed by atoms with E-state index in [1.54, 1.807) is 0 Å². The Labute approximate surface area is 125 Å². The smallest absolute Gasteiger partial charge is 0.230 e. The summed E-state index contributed by atoms with van der Waals surface area (Å²) in [5.41, 5.74) is 1.94. The monoisotopic (exact) mass is 299 g/mol. The molecule has 0 radical (unpaired) electrons. The van der Waals surface area contributed by atoms with Crippen molar-refractivity contribution in [1.29, 1.82) is 0 Å². The van der Waals surface area contributed by atoms with E-state index < -0.39 is 0 Å². The van der Waals surface area contributed by atoms with Crippen molar-refractivity contribution in [2.75, 3.05) is 5.32 Å². The Morgan fingerprint density at radius 1 is 1.33 bits per heavy atom. The van der Waals surface area contributed by atoms with Crippen molar-refractivity contribution in [2.24, 2.45) is 0 Å². The van der Waals surface area contributed by atoms with E-state index in [1.807, 2.05) is 30.5 Å². The first-order chi connectivity index (χ1) is 10.1. The van der Waals surface area contributed by atoms with Crippen molar-refractivity contribution in [3.63, 3.8) is 0 Å². The molecular formula is C15H13N3O2S. The highest BCUT2D eigenvalue weighted by molar-refractivity contribution is 7.17. The van der Waals surface area contributed by atoms with Crippen LogP contribution in [0, 0.1) is 0 Å². The molecule has 3 rings (SSSR count). The van der Waals surface area contributed by atoms with E-state index in [1.165, 1.54) is 24.5 Å². The van der Waals surface area contributed by atoms with Crippen molar-refractivity contribution in [3.8, 4) is 0 Å². The van der Waals surface area contributed by atoms with E-state index in [4.69, 9.17) is 0 Å². The molecule has 0 unspecified atom stereocenters. The predicted octanol–water partition coefficient (Wildman–Crippen LogP) is 3.01. The molecule has 3 aromatic rings. The average molecular weight is 299 g/mol. The second kappa shape index (κ2) is 5.49. The minimum atomic E-state index is -0.149. The third-order valence-electron chi connectivity index (χ3n) is 3.12. The van der Waals surface area contributed by atoms with Gasteiger partial charge in [0.05, 0.1) is 17.5 Å². The lowest BCUT2D eigenvalue weighted by Gasteiger charge is -2.00. The third kappa shape index (κ3) is 2.85. The Bertz CT molecular complexity index is 819. The highest BCUT2D eigenvalue weighted by Crippen LogP contribution is 2.21. The van der Waals surface area contributed by atoms with E-state index >= 15 is 0 Å². The van der Waals surface area contributed by atoms with Gasteiger partial charge in [0.1, 0.15) is 0 Å². The normalized spacial score (nSPS) is 10.7. The number of aromatic amines is 1. The van der Waals surface area contributed by atoms with Crippen LogP contribution in [0.3, 0.4) is 0 Å². The number of thiazole rings is 1. The van der Waals surface area contributed by atoms with Crippen LogP contribution in [0.15, 0.2) is 36.7 Å². The fourth-order valence-corrected chi connectivity index (χ4v) is 2.84. The van der Waals surface area contributed by atoms with Gasteiger partial charge in [0.15, 0.2) is 10.9 Å². The van der Waals surface area contributed by atoms with Gasteiger partial charge in [-0.25, -0.2) is 4.98 Å². The van der Waals surface area contributed by atoms with Crippen molar-refractivity contribution < 1.29 is 9.59 Å². The molecule has 106 valence electrons. The molecule has 0 bridgehead atoms. The van der Waals surface area contributed by atoms with Gasteiger partial charge in [-0.05, 0) is 11.6 Å². The number of nitrogens with one attached hydrogen (secondary N) is 2. The number of nitrogens with zero attached hydrogens (tertiary/aromatic N) is 1. The van der Waals surface area contributed by atoms with E-state index in [2.05, 4.69) is 15.3 Å². The number of hydrogen-bond acceptors (Lipinski definition) is 4. The van der Waals surface area contributed by atoms with E-state index in [-0.39, 0.29) is 18.1 Å². The Morgan fingerprint density at radius 3 is 2.90 bits per heavy atom. The van der Waals surface area contributed by atoms with Gasteiger partial charge in [-0.15, -0.1) is 0 Å². The second-order valence-corrected chi connectivity index (χ2v) is 5.70. The Morgan fingerprint density at radius 2 is 2.14 bits per heavy atom. The van der Waals surface area contributed by atoms with Gasteiger partial charge in [-0.2, -0.15) is 0 Å². The van der Waals surface area contributed by atoms with Crippen LogP contribution in [0.1, 0.15) is 22.2 Å². The van der Waals surface area contributed by atoms with E-state index in [0.717, 1.165) is 16.5 Å². The molecule has 1 amide bonds. The van der Waals surface area contributed by atoms with Crippen LogP contribution in [0.4, 0.5) is 5.13 Å². The zero-order chi connectivity index (χ0) is 14.8. The number of ketones is 1. The molecule has 5 nitrogen and oxygen atoms in total. The molecule has 0 fully saturated rings. The second-order valence-electron chi connectivity index (χ2n) is 4.67. The van der Waals surface area contributed by atoms with Gasteiger partial charge in [0.2, 0.25) is 5.91 Å². The number of benzene rings is 1. The van der Waals surface area contributed by atoms with Crippen LogP contribution >= 0.6 is 11.3 Å². The lowest BCUT2D eigenvalue weighted by molar-refractivity contribution is -0.115. The largest absolute Gasteiger partial charge is 0.361 e. The summed E-state index contributed by atoms with van der Waals surface area (Å²) in [5.74, 6) is -0.200. The number of para-hydroxylation sites is 1. The summed E-state index contributed by atoms with van der Waals surface area (Å²) >= 11 is 1.19. The summed E-state index contributed by atoms with van der Waals surface area (Å²) < 4.78 is 0. The van der Waals surface area contributed by atoms with Gasteiger partial charge >= 0.3 is 0 Å². The maximum Gasteiger partial charge on any atom is 0.230 e. The van der Waals surface area contributed by atoms with Gasteiger partial charge in [-0.1, -0.05) is 29.5 Å². The molecule has 6 heteroatoms. The lowest BCUT2D eigenvalue weighted by atomic mass is 10.1. The number of rotatable bonds is 4. The van der Waals surface area contributed by atoms with Gasteiger partial charge < -0.3 is 10.3 Å². The molecule has 2 aromatic heterocycles. The first-order valence-electron chi connectivity index (χ1n) is 6.45. The summed E-state index contributed by atoms with van der Waals surface area (Å²) in [7, 11) is 0.